The van der Waals surface area contributed by atoms with Crippen LogP contribution in [0.4, 0.5) is 5.69 Å². The van der Waals surface area contributed by atoms with Gasteiger partial charge in [-0.2, -0.15) is 0 Å². The Labute approximate surface area is 131 Å². The molecule has 110 valence electrons. The minimum atomic E-state index is -0.457. The van der Waals surface area contributed by atoms with E-state index in [1.54, 1.807) is 30.3 Å². The largest absolute Gasteiger partial charge is 0.450 e. The number of hydrogen-bond acceptors (Lipinski definition) is 4. The third-order valence-corrected chi connectivity index (χ3v) is 3.85. The van der Waals surface area contributed by atoms with Crippen LogP contribution in [-0.2, 0) is 0 Å². The summed E-state index contributed by atoms with van der Waals surface area (Å²) in [5, 5.41) is 14.1. The first kappa shape index (κ1) is 15.5. The molecule has 0 saturated carbocycles. The number of nitro benzene ring substituents is 1. The van der Waals surface area contributed by atoms with Crippen molar-refractivity contribution < 1.29 is 9.66 Å². The average molecular weight is 351 g/mol. The second-order valence-corrected chi connectivity index (χ2v) is 5.37. The second kappa shape index (κ2) is 6.69. The summed E-state index contributed by atoms with van der Waals surface area (Å²) in [5.41, 5.74) is 1.04. The van der Waals surface area contributed by atoms with E-state index >= 15 is 0 Å². The van der Waals surface area contributed by atoms with Gasteiger partial charge in [-0.05, 0) is 37.7 Å². The van der Waals surface area contributed by atoms with Crippen LogP contribution in [0.15, 0.2) is 46.9 Å². The second-order valence-electron chi connectivity index (χ2n) is 4.52. The van der Waals surface area contributed by atoms with Crippen LogP contribution >= 0.6 is 15.9 Å². The van der Waals surface area contributed by atoms with E-state index in [4.69, 9.17) is 4.74 Å². The number of halogens is 1. The van der Waals surface area contributed by atoms with E-state index in [-0.39, 0.29) is 17.5 Å². The molecule has 1 N–H and O–H groups in total. The highest BCUT2D eigenvalue weighted by molar-refractivity contribution is 9.10. The van der Waals surface area contributed by atoms with E-state index in [9.17, 15) is 10.1 Å². The van der Waals surface area contributed by atoms with Crippen LogP contribution in [0.3, 0.4) is 0 Å². The fourth-order valence-corrected chi connectivity index (χ4v) is 2.60. The third kappa shape index (κ3) is 3.59. The average Bonchev–Trinajstić information content (AvgIpc) is 2.47. The number of hydrogen-bond donors (Lipinski definition) is 1. The molecule has 0 aliphatic heterocycles. The summed E-state index contributed by atoms with van der Waals surface area (Å²) in [4.78, 5) is 10.5. The van der Waals surface area contributed by atoms with Crippen molar-refractivity contribution >= 4 is 21.6 Å². The molecule has 0 aliphatic carbocycles. The van der Waals surface area contributed by atoms with Crippen LogP contribution in [0.1, 0.15) is 18.5 Å². The normalized spacial score (nSPS) is 12.0. The van der Waals surface area contributed by atoms with Crippen molar-refractivity contribution in [1.82, 2.24) is 5.32 Å². The van der Waals surface area contributed by atoms with Gasteiger partial charge in [-0.25, -0.2) is 0 Å². The molecule has 0 saturated heterocycles. The zero-order chi connectivity index (χ0) is 15.4. The van der Waals surface area contributed by atoms with Crippen molar-refractivity contribution in [3.05, 3.63) is 62.6 Å². The van der Waals surface area contributed by atoms with E-state index in [0.717, 1.165) is 10.0 Å². The summed E-state index contributed by atoms with van der Waals surface area (Å²) < 4.78 is 6.52. The molecule has 6 heteroatoms. The highest BCUT2D eigenvalue weighted by Crippen LogP contribution is 2.34. The predicted molar refractivity (Wildman–Crippen MR) is 84.8 cm³/mol. The Morgan fingerprint density at radius 2 is 2.00 bits per heavy atom. The standard InChI is InChI=1S/C15H15BrN2O3/c1-10(17-2)12-8-7-11(9-13(12)16)21-15-6-4-3-5-14(15)18(19)20/h3-10,17H,1-2H3. The molecule has 0 fully saturated rings. The number of ether oxygens (including phenoxy) is 1. The zero-order valence-corrected chi connectivity index (χ0v) is 13.3. The Kier molecular flexibility index (Phi) is 4.93. The Balaban J connectivity index is 2.29. The van der Waals surface area contributed by atoms with Gasteiger partial charge in [0.15, 0.2) is 0 Å². The van der Waals surface area contributed by atoms with Gasteiger partial charge in [-0.15, -0.1) is 0 Å². The first-order valence-electron chi connectivity index (χ1n) is 6.41. The lowest BCUT2D eigenvalue weighted by Crippen LogP contribution is -2.12. The molecule has 0 bridgehead atoms. The van der Waals surface area contributed by atoms with Crippen LogP contribution < -0.4 is 10.1 Å². The number of rotatable bonds is 5. The number of nitro groups is 1. The summed E-state index contributed by atoms with van der Waals surface area (Å²) in [6, 6.07) is 12.0. The summed E-state index contributed by atoms with van der Waals surface area (Å²) in [7, 11) is 1.88. The topological polar surface area (TPSA) is 64.4 Å². The minimum absolute atomic E-state index is 0.0544. The van der Waals surface area contributed by atoms with E-state index in [2.05, 4.69) is 21.2 Å². The first-order chi connectivity index (χ1) is 10.0. The molecule has 0 aliphatic rings. The van der Waals surface area contributed by atoms with Crippen molar-refractivity contribution in [2.24, 2.45) is 0 Å². The molecule has 0 aromatic heterocycles. The maximum Gasteiger partial charge on any atom is 0.311 e. The predicted octanol–water partition coefficient (Wildman–Crippen LogP) is 4.43. The molecule has 2 aromatic carbocycles. The molecule has 2 aromatic rings. The maximum absolute atomic E-state index is 11.0. The highest BCUT2D eigenvalue weighted by Gasteiger charge is 2.15. The first-order valence-corrected chi connectivity index (χ1v) is 7.20. The van der Waals surface area contributed by atoms with Crippen LogP contribution in [0, 0.1) is 10.1 Å². The van der Waals surface area contributed by atoms with Crippen LogP contribution in [0.5, 0.6) is 11.5 Å². The lowest BCUT2D eigenvalue weighted by molar-refractivity contribution is -0.385. The maximum atomic E-state index is 11.0. The van der Waals surface area contributed by atoms with E-state index in [1.807, 2.05) is 20.0 Å². The Hall–Kier alpha value is -1.92. The number of nitrogens with zero attached hydrogens (tertiary/aromatic N) is 1. The van der Waals surface area contributed by atoms with Crippen molar-refractivity contribution in [3.8, 4) is 11.5 Å². The number of nitrogens with one attached hydrogen (secondary N) is 1. The molecular formula is C15H15BrN2O3. The monoisotopic (exact) mass is 350 g/mol. The molecule has 0 amide bonds. The Morgan fingerprint density at radius 1 is 1.29 bits per heavy atom. The van der Waals surface area contributed by atoms with Crippen molar-refractivity contribution in [3.63, 3.8) is 0 Å². The van der Waals surface area contributed by atoms with Crippen LogP contribution in [0.25, 0.3) is 0 Å². The van der Waals surface area contributed by atoms with Gasteiger partial charge in [-0.1, -0.05) is 34.1 Å². The van der Waals surface area contributed by atoms with Crippen LogP contribution in [-0.4, -0.2) is 12.0 Å². The van der Waals surface area contributed by atoms with Gasteiger partial charge in [0.2, 0.25) is 5.75 Å². The summed E-state index contributed by atoms with van der Waals surface area (Å²) in [5.74, 6) is 0.770. The molecular weight excluding hydrogens is 336 g/mol. The van der Waals surface area contributed by atoms with Gasteiger partial charge < -0.3 is 10.1 Å². The molecule has 5 nitrogen and oxygen atoms in total. The van der Waals surface area contributed by atoms with Gasteiger partial charge in [-0.3, -0.25) is 10.1 Å². The van der Waals surface area contributed by atoms with Crippen LogP contribution in [0.2, 0.25) is 0 Å². The molecule has 1 unspecified atom stereocenters. The SMILES string of the molecule is CNC(C)c1ccc(Oc2ccccc2[N+](=O)[O-])cc1Br. The smallest absolute Gasteiger partial charge is 0.311 e. The summed E-state index contributed by atoms with van der Waals surface area (Å²) in [6.45, 7) is 2.04. The third-order valence-electron chi connectivity index (χ3n) is 3.16. The lowest BCUT2D eigenvalue weighted by Gasteiger charge is -2.14. The van der Waals surface area contributed by atoms with Gasteiger partial charge in [0.1, 0.15) is 5.75 Å². The van der Waals surface area contributed by atoms with Gasteiger partial charge in [0.25, 0.3) is 0 Å². The van der Waals surface area contributed by atoms with Gasteiger partial charge in [0, 0.05) is 16.6 Å². The number of benzene rings is 2. The molecule has 0 heterocycles. The molecule has 0 radical (unpaired) electrons. The molecule has 1 atom stereocenters. The van der Waals surface area contributed by atoms with E-state index in [1.165, 1.54) is 6.07 Å². The van der Waals surface area contributed by atoms with Crippen molar-refractivity contribution in [2.45, 2.75) is 13.0 Å². The molecule has 21 heavy (non-hydrogen) atoms. The van der Waals surface area contributed by atoms with E-state index in [0.29, 0.717) is 5.75 Å². The summed E-state index contributed by atoms with van der Waals surface area (Å²) in [6.07, 6.45) is 0. The van der Waals surface area contributed by atoms with Gasteiger partial charge >= 0.3 is 5.69 Å². The van der Waals surface area contributed by atoms with Gasteiger partial charge in [0.05, 0.1) is 4.92 Å². The fourth-order valence-electron chi connectivity index (χ4n) is 1.90. The fraction of sp³-hybridized carbons (Fsp3) is 0.200. The minimum Gasteiger partial charge on any atom is -0.450 e. The molecule has 2 rings (SSSR count). The van der Waals surface area contributed by atoms with Crippen molar-refractivity contribution in [2.75, 3.05) is 7.05 Å². The Bertz CT molecular complexity index is 661. The summed E-state index contributed by atoms with van der Waals surface area (Å²) >= 11 is 3.50. The quantitative estimate of drug-likeness (QED) is 0.639. The zero-order valence-electron chi connectivity index (χ0n) is 11.7. The lowest BCUT2D eigenvalue weighted by atomic mass is 10.1. The molecule has 0 spiro atoms. The van der Waals surface area contributed by atoms with Crippen molar-refractivity contribution in [1.29, 1.82) is 0 Å². The highest BCUT2D eigenvalue weighted by atomic mass is 79.9. The van der Waals surface area contributed by atoms with E-state index < -0.39 is 4.92 Å². The number of para-hydroxylation sites is 2. The Morgan fingerprint density at radius 3 is 2.62 bits per heavy atom.